The third-order valence-corrected chi connectivity index (χ3v) is 4.09. The summed E-state index contributed by atoms with van der Waals surface area (Å²) in [5.41, 5.74) is 0.452. The number of anilines is 1. The molecule has 0 saturated carbocycles. The number of aromatic nitrogens is 3. The van der Waals surface area contributed by atoms with Gasteiger partial charge in [0, 0.05) is 5.56 Å². The van der Waals surface area contributed by atoms with E-state index >= 15 is 0 Å². The van der Waals surface area contributed by atoms with Crippen LogP contribution in [0, 0.1) is 6.92 Å². The number of furan rings is 2. The Kier molecular flexibility index (Phi) is 4.67. The van der Waals surface area contributed by atoms with E-state index in [0.29, 0.717) is 35.4 Å². The summed E-state index contributed by atoms with van der Waals surface area (Å²) in [4.78, 5) is 17.4. The van der Waals surface area contributed by atoms with Gasteiger partial charge in [-0.2, -0.15) is 9.67 Å². The molecule has 3 aromatic heterocycles. The Hall–Kier alpha value is -3.81. The van der Waals surface area contributed by atoms with Crippen molar-refractivity contribution in [1.82, 2.24) is 14.8 Å². The van der Waals surface area contributed by atoms with Crippen molar-refractivity contribution in [2.24, 2.45) is 0 Å². The number of carbonyl (C=O) groups is 1. The first-order chi connectivity index (χ1) is 13.6. The van der Waals surface area contributed by atoms with Crippen LogP contribution in [-0.4, -0.2) is 27.8 Å². The van der Waals surface area contributed by atoms with Gasteiger partial charge in [-0.05, 0) is 55.5 Å². The zero-order valence-electron chi connectivity index (χ0n) is 15.4. The maximum Gasteiger partial charge on any atom is 0.281 e. The number of aryl methyl sites for hydroxylation is 1. The minimum absolute atomic E-state index is 0.293. The zero-order chi connectivity index (χ0) is 19.5. The molecule has 28 heavy (non-hydrogen) atoms. The maximum atomic E-state index is 13.0. The summed E-state index contributed by atoms with van der Waals surface area (Å²) in [6.45, 7) is 2.23. The number of rotatable bonds is 6. The second-order valence-corrected chi connectivity index (χ2v) is 6.05. The quantitative estimate of drug-likeness (QED) is 0.546. The van der Waals surface area contributed by atoms with Crippen molar-refractivity contribution in [2.75, 3.05) is 12.4 Å². The largest absolute Gasteiger partial charge is 0.497 e. The molecular formula is C20H18N4O4. The fraction of sp³-hybridized carbons (Fsp3) is 0.150. The summed E-state index contributed by atoms with van der Waals surface area (Å²) >= 11 is 0. The van der Waals surface area contributed by atoms with Crippen LogP contribution in [0.15, 0.2) is 63.6 Å². The summed E-state index contributed by atoms with van der Waals surface area (Å²) in [5.74, 6) is 2.95. The van der Waals surface area contributed by atoms with E-state index in [1.807, 2.05) is 19.1 Å². The van der Waals surface area contributed by atoms with E-state index in [9.17, 15) is 4.79 Å². The topological polar surface area (TPSA) is 95.3 Å². The highest BCUT2D eigenvalue weighted by molar-refractivity contribution is 5.97. The van der Waals surface area contributed by atoms with Crippen LogP contribution in [0.2, 0.25) is 0 Å². The molecule has 0 aliphatic carbocycles. The van der Waals surface area contributed by atoms with Crippen LogP contribution in [0.5, 0.6) is 5.75 Å². The van der Waals surface area contributed by atoms with Gasteiger partial charge in [0.15, 0.2) is 5.76 Å². The second-order valence-electron chi connectivity index (χ2n) is 6.05. The number of hydrogen-bond donors (Lipinski definition) is 1. The third-order valence-electron chi connectivity index (χ3n) is 4.09. The number of benzene rings is 1. The van der Waals surface area contributed by atoms with Gasteiger partial charge < -0.3 is 18.9 Å². The Morgan fingerprint density at radius 1 is 1.18 bits per heavy atom. The SMILES string of the molecule is COc1ccc(C(=O)n2nc(-c3ccco3)nc2NCc2ccc(C)o2)cc1. The van der Waals surface area contributed by atoms with Crippen LogP contribution in [0.4, 0.5) is 5.95 Å². The van der Waals surface area contributed by atoms with Crippen LogP contribution in [0.25, 0.3) is 11.6 Å². The van der Waals surface area contributed by atoms with E-state index in [0.717, 1.165) is 11.5 Å². The molecule has 0 saturated heterocycles. The molecule has 0 aliphatic rings. The first-order valence-electron chi connectivity index (χ1n) is 8.63. The molecule has 1 aromatic carbocycles. The molecule has 0 unspecified atom stereocenters. The average Bonchev–Trinajstić information content (AvgIpc) is 3.46. The fourth-order valence-corrected chi connectivity index (χ4v) is 2.68. The summed E-state index contributed by atoms with van der Waals surface area (Å²) in [6.07, 6.45) is 1.53. The van der Waals surface area contributed by atoms with E-state index in [1.165, 1.54) is 10.9 Å². The standard InChI is InChI=1S/C20H18N4O4/c1-13-5-8-16(28-13)12-21-20-22-18(17-4-3-11-27-17)23-24(20)19(25)14-6-9-15(26-2)10-7-14/h3-11H,12H2,1-2H3,(H,21,22,23). The molecule has 8 heteroatoms. The van der Waals surface area contributed by atoms with Gasteiger partial charge in [-0.15, -0.1) is 5.10 Å². The van der Waals surface area contributed by atoms with Gasteiger partial charge in [0.1, 0.15) is 17.3 Å². The monoisotopic (exact) mass is 378 g/mol. The lowest BCUT2D eigenvalue weighted by atomic mass is 10.2. The van der Waals surface area contributed by atoms with Crippen molar-refractivity contribution in [3.63, 3.8) is 0 Å². The molecule has 0 radical (unpaired) electrons. The Bertz CT molecular complexity index is 1080. The molecule has 8 nitrogen and oxygen atoms in total. The summed E-state index contributed by atoms with van der Waals surface area (Å²) in [6, 6.07) is 14.0. The van der Waals surface area contributed by atoms with Crippen LogP contribution < -0.4 is 10.1 Å². The smallest absolute Gasteiger partial charge is 0.281 e. The minimum Gasteiger partial charge on any atom is -0.497 e. The average molecular weight is 378 g/mol. The van der Waals surface area contributed by atoms with Gasteiger partial charge >= 0.3 is 0 Å². The lowest BCUT2D eigenvalue weighted by Crippen LogP contribution is -2.17. The van der Waals surface area contributed by atoms with E-state index < -0.39 is 0 Å². The Morgan fingerprint density at radius 2 is 2.00 bits per heavy atom. The van der Waals surface area contributed by atoms with Crippen molar-refractivity contribution in [3.05, 3.63) is 71.9 Å². The molecule has 4 aromatic rings. The van der Waals surface area contributed by atoms with Crippen molar-refractivity contribution >= 4 is 11.9 Å². The maximum absolute atomic E-state index is 13.0. The molecular weight excluding hydrogens is 360 g/mol. The summed E-state index contributed by atoms with van der Waals surface area (Å²) in [7, 11) is 1.57. The Labute approximate surface area is 160 Å². The summed E-state index contributed by atoms with van der Waals surface area (Å²) < 4.78 is 17.3. The van der Waals surface area contributed by atoms with E-state index in [4.69, 9.17) is 13.6 Å². The van der Waals surface area contributed by atoms with Crippen LogP contribution in [0.3, 0.4) is 0 Å². The fourth-order valence-electron chi connectivity index (χ4n) is 2.68. The van der Waals surface area contributed by atoms with Gasteiger partial charge in [-0.3, -0.25) is 4.79 Å². The van der Waals surface area contributed by atoms with Gasteiger partial charge in [0.2, 0.25) is 11.8 Å². The van der Waals surface area contributed by atoms with Gasteiger partial charge in [0.25, 0.3) is 5.91 Å². The van der Waals surface area contributed by atoms with Gasteiger partial charge in [-0.25, -0.2) is 0 Å². The molecule has 0 spiro atoms. The lowest BCUT2D eigenvalue weighted by molar-refractivity contribution is 0.0947. The van der Waals surface area contributed by atoms with Gasteiger partial charge in [0.05, 0.1) is 19.9 Å². The number of carbonyl (C=O) groups excluding carboxylic acids is 1. The number of hydrogen-bond acceptors (Lipinski definition) is 7. The predicted octanol–water partition coefficient (Wildman–Crippen LogP) is 3.75. The van der Waals surface area contributed by atoms with E-state index in [1.54, 1.807) is 43.5 Å². The molecule has 0 aliphatic heterocycles. The summed E-state index contributed by atoms with van der Waals surface area (Å²) in [5, 5.41) is 7.43. The highest BCUT2D eigenvalue weighted by Gasteiger charge is 2.20. The predicted molar refractivity (Wildman–Crippen MR) is 101 cm³/mol. The number of nitrogens with zero attached hydrogens (tertiary/aromatic N) is 3. The van der Waals surface area contributed by atoms with E-state index in [2.05, 4.69) is 15.4 Å². The first kappa shape index (κ1) is 17.6. The van der Waals surface area contributed by atoms with Crippen LogP contribution in [0.1, 0.15) is 21.9 Å². The normalized spacial score (nSPS) is 10.8. The molecule has 3 heterocycles. The number of methoxy groups -OCH3 is 1. The zero-order valence-corrected chi connectivity index (χ0v) is 15.4. The number of ether oxygens (including phenoxy) is 1. The molecule has 0 bridgehead atoms. The minimum atomic E-state index is -0.328. The molecule has 4 rings (SSSR count). The second kappa shape index (κ2) is 7.43. The first-order valence-corrected chi connectivity index (χ1v) is 8.63. The van der Waals surface area contributed by atoms with Crippen molar-refractivity contribution < 1.29 is 18.4 Å². The molecule has 0 fully saturated rings. The van der Waals surface area contributed by atoms with Crippen LogP contribution in [-0.2, 0) is 6.54 Å². The Morgan fingerprint density at radius 3 is 2.64 bits per heavy atom. The Balaban J connectivity index is 1.65. The highest BCUT2D eigenvalue weighted by atomic mass is 16.5. The molecule has 0 amide bonds. The van der Waals surface area contributed by atoms with Crippen LogP contribution >= 0.6 is 0 Å². The lowest BCUT2D eigenvalue weighted by Gasteiger charge is -2.07. The van der Waals surface area contributed by atoms with E-state index in [-0.39, 0.29) is 5.91 Å². The highest BCUT2D eigenvalue weighted by Crippen LogP contribution is 2.21. The number of nitrogens with one attached hydrogen (secondary N) is 1. The third kappa shape index (κ3) is 3.52. The van der Waals surface area contributed by atoms with Crippen molar-refractivity contribution in [1.29, 1.82) is 0 Å². The molecule has 0 atom stereocenters. The molecule has 142 valence electrons. The van der Waals surface area contributed by atoms with Crippen molar-refractivity contribution in [3.8, 4) is 17.3 Å². The molecule has 1 N–H and O–H groups in total. The van der Waals surface area contributed by atoms with Crippen molar-refractivity contribution in [2.45, 2.75) is 13.5 Å². The van der Waals surface area contributed by atoms with Gasteiger partial charge in [-0.1, -0.05) is 0 Å².